The molecule has 4 heteroatoms. The standard InChI is InChI=1S/C14H18BrNO2/c1-10-4-2-7-12(13(10)17)14(18)16(9-8-15)11-5-3-6-11/h2,4,7,11,17H,3,5-6,8-9H2,1H3. The van der Waals surface area contributed by atoms with E-state index < -0.39 is 0 Å². The number of alkyl halides is 1. The second-order valence-electron chi connectivity index (χ2n) is 4.74. The number of carbonyl (C=O) groups excluding carboxylic acids is 1. The number of aryl methyl sites for hydroxylation is 1. The van der Waals surface area contributed by atoms with Crippen molar-refractivity contribution >= 4 is 21.8 Å². The van der Waals surface area contributed by atoms with Crippen molar-refractivity contribution in [1.82, 2.24) is 4.90 Å². The van der Waals surface area contributed by atoms with Gasteiger partial charge in [-0.2, -0.15) is 0 Å². The molecule has 0 spiro atoms. The maximum Gasteiger partial charge on any atom is 0.257 e. The molecule has 18 heavy (non-hydrogen) atoms. The van der Waals surface area contributed by atoms with Crippen LogP contribution in [0.15, 0.2) is 18.2 Å². The zero-order valence-corrected chi connectivity index (χ0v) is 12.1. The van der Waals surface area contributed by atoms with Crippen LogP contribution in [0, 0.1) is 6.92 Å². The van der Waals surface area contributed by atoms with Crippen LogP contribution >= 0.6 is 15.9 Å². The molecule has 1 aliphatic rings. The van der Waals surface area contributed by atoms with Crippen molar-refractivity contribution in [3.63, 3.8) is 0 Å². The second kappa shape index (κ2) is 5.74. The van der Waals surface area contributed by atoms with Crippen LogP contribution in [-0.4, -0.2) is 33.8 Å². The van der Waals surface area contributed by atoms with Gasteiger partial charge in [-0.3, -0.25) is 4.79 Å². The number of amides is 1. The average Bonchev–Trinajstić information content (AvgIpc) is 2.29. The van der Waals surface area contributed by atoms with Crippen LogP contribution in [-0.2, 0) is 0 Å². The number of phenols is 1. The number of benzene rings is 1. The van der Waals surface area contributed by atoms with Gasteiger partial charge in [0.15, 0.2) is 0 Å². The van der Waals surface area contributed by atoms with E-state index in [4.69, 9.17) is 0 Å². The fourth-order valence-corrected chi connectivity index (χ4v) is 2.61. The maximum atomic E-state index is 12.5. The molecular formula is C14H18BrNO2. The highest BCUT2D eigenvalue weighted by atomic mass is 79.9. The van der Waals surface area contributed by atoms with Crippen LogP contribution in [0.4, 0.5) is 0 Å². The maximum absolute atomic E-state index is 12.5. The Hall–Kier alpha value is -1.03. The Morgan fingerprint density at radius 1 is 1.50 bits per heavy atom. The van der Waals surface area contributed by atoms with Gasteiger partial charge in [-0.05, 0) is 37.8 Å². The third-order valence-electron chi connectivity index (χ3n) is 3.57. The molecular weight excluding hydrogens is 294 g/mol. The number of nitrogens with zero attached hydrogens (tertiary/aromatic N) is 1. The Labute approximate surface area is 116 Å². The summed E-state index contributed by atoms with van der Waals surface area (Å²) in [5, 5.41) is 10.8. The highest BCUT2D eigenvalue weighted by Gasteiger charge is 2.30. The summed E-state index contributed by atoms with van der Waals surface area (Å²) < 4.78 is 0. The predicted molar refractivity (Wildman–Crippen MR) is 75.3 cm³/mol. The second-order valence-corrected chi connectivity index (χ2v) is 5.54. The van der Waals surface area contributed by atoms with Crippen molar-refractivity contribution in [2.24, 2.45) is 0 Å². The Morgan fingerprint density at radius 3 is 2.78 bits per heavy atom. The van der Waals surface area contributed by atoms with Gasteiger partial charge in [0.05, 0.1) is 5.56 Å². The number of para-hydroxylation sites is 1. The number of hydrogen-bond acceptors (Lipinski definition) is 2. The van der Waals surface area contributed by atoms with Crippen LogP contribution in [0.3, 0.4) is 0 Å². The van der Waals surface area contributed by atoms with Crippen molar-refractivity contribution in [1.29, 1.82) is 0 Å². The van der Waals surface area contributed by atoms with Gasteiger partial charge in [0.2, 0.25) is 0 Å². The van der Waals surface area contributed by atoms with Crippen molar-refractivity contribution < 1.29 is 9.90 Å². The highest BCUT2D eigenvalue weighted by Crippen LogP contribution is 2.29. The Morgan fingerprint density at radius 2 is 2.22 bits per heavy atom. The topological polar surface area (TPSA) is 40.5 Å². The molecule has 0 bridgehead atoms. The molecule has 1 fully saturated rings. The van der Waals surface area contributed by atoms with Crippen LogP contribution in [0.1, 0.15) is 35.2 Å². The van der Waals surface area contributed by atoms with Crippen molar-refractivity contribution in [3.8, 4) is 5.75 Å². The van der Waals surface area contributed by atoms with E-state index in [0.717, 1.165) is 23.7 Å². The van der Waals surface area contributed by atoms with Gasteiger partial charge in [-0.25, -0.2) is 0 Å². The zero-order chi connectivity index (χ0) is 13.1. The molecule has 3 nitrogen and oxygen atoms in total. The lowest BCUT2D eigenvalue weighted by Gasteiger charge is -2.37. The first kappa shape index (κ1) is 13.4. The molecule has 0 saturated heterocycles. The van der Waals surface area contributed by atoms with Crippen LogP contribution < -0.4 is 0 Å². The molecule has 0 aliphatic heterocycles. The Kier molecular flexibility index (Phi) is 4.27. The van der Waals surface area contributed by atoms with Gasteiger partial charge in [-0.15, -0.1) is 0 Å². The summed E-state index contributed by atoms with van der Waals surface area (Å²) in [7, 11) is 0. The molecule has 0 aromatic heterocycles. The van der Waals surface area contributed by atoms with Gasteiger partial charge in [0, 0.05) is 17.9 Å². The number of phenolic OH excluding ortho intramolecular Hbond substituents is 1. The van der Waals surface area contributed by atoms with E-state index in [-0.39, 0.29) is 11.7 Å². The Balaban J connectivity index is 2.24. The molecule has 1 amide bonds. The normalized spacial score (nSPS) is 15.2. The summed E-state index contributed by atoms with van der Waals surface area (Å²) in [5.74, 6) is 0.0572. The van der Waals surface area contributed by atoms with E-state index in [0.29, 0.717) is 18.2 Å². The first-order chi connectivity index (χ1) is 8.65. The largest absolute Gasteiger partial charge is 0.507 e. The minimum Gasteiger partial charge on any atom is -0.507 e. The Bertz CT molecular complexity index is 443. The van der Waals surface area contributed by atoms with E-state index in [2.05, 4.69) is 15.9 Å². The van der Waals surface area contributed by atoms with E-state index in [1.165, 1.54) is 6.42 Å². The molecule has 1 aromatic rings. The van der Waals surface area contributed by atoms with Gasteiger partial charge in [0.1, 0.15) is 5.75 Å². The van der Waals surface area contributed by atoms with E-state index in [1.54, 1.807) is 6.07 Å². The SMILES string of the molecule is Cc1cccc(C(=O)N(CCBr)C2CCC2)c1O. The lowest BCUT2D eigenvalue weighted by molar-refractivity contribution is 0.0596. The average molecular weight is 312 g/mol. The van der Waals surface area contributed by atoms with E-state index in [9.17, 15) is 9.90 Å². The summed E-state index contributed by atoms with van der Waals surface area (Å²) in [5.41, 5.74) is 1.16. The van der Waals surface area contributed by atoms with Gasteiger partial charge < -0.3 is 10.0 Å². The fraction of sp³-hybridized carbons (Fsp3) is 0.500. The van der Waals surface area contributed by atoms with Gasteiger partial charge >= 0.3 is 0 Å². The molecule has 2 rings (SSSR count). The number of hydrogen-bond donors (Lipinski definition) is 1. The summed E-state index contributed by atoms with van der Waals surface area (Å²) >= 11 is 3.39. The lowest BCUT2D eigenvalue weighted by atomic mass is 9.91. The summed E-state index contributed by atoms with van der Waals surface area (Å²) in [6, 6.07) is 5.67. The smallest absolute Gasteiger partial charge is 0.257 e. The van der Waals surface area contributed by atoms with Crippen LogP contribution in [0.2, 0.25) is 0 Å². The minimum absolute atomic E-state index is 0.0552. The molecule has 1 aromatic carbocycles. The van der Waals surface area contributed by atoms with Crippen molar-refractivity contribution in [2.75, 3.05) is 11.9 Å². The van der Waals surface area contributed by atoms with E-state index >= 15 is 0 Å². The summed E-state index contributed by atoms with van der Waals surface area (Å²) in [6.45, 7) is 2.50. The molecule has 1 aliphatic carbocycles. The summed E-state index contributed by atoms with van der Waals surface area (Å²) in [4.78, 5) is 14.4. The van der Waals surface area contributed by atoms with Crippen LogP contribution in [0.5, 0.6) is 5.75 Å². The first-order valence-corrected chi connectivity index (χ1v) is 7.43. The van der Waals surface area contributed by atoms with Crippen molar-refractivity contribution in [2.45, 2.75) is 32.2 Å². The van der Waals surface area contributed by atoms with Gasteiger partial charge in [0.25, 0.3) is 5.91 Å². The third kappa shape index (κ3) is 2.53. The predicted octanol–water partition coefficient (Wildman–Crippen LogP) is 3.09. The molecule has 0 heterocycles. The quantitative estimate of drug-likeness (QED) is 0.868. The fourth-order valence-electron chi connectivity index (χ4n) is 2.23. The lowest BCUT2D eigenvalue weighted by Crippen LogP contribution is -2.45. The molecule has 0 unspecified atom stereocenters. The summed E-state index contributed by atoms with van der Waals surface area (Å²) in [6.07, 6.45) is 3.34. The monoisotopic (exact) mass is 311 g/mol. The van der Waals surface area contributed by atoms with E-state index in [1.807, 2.05) is 24.0 Å². The molecule has 0 atom stereocenters. The molecule has 1 N–H and O–H groups in total. The van der Waals surface area contributed by atoms with Crippen molar-refractivity contribution in [3.05, 3.63) is 29.3 Å². The third-order valence-corrected chi connectivity index (χ3v) is 3.92. The van der Waals surface area contributed by atoms with Gasteiger partial charge in [-0.1, -0.05) is 28.1 Å². The number of rotatable bonds is 4. The molecule has 0 radical (unpaired) electrons. The molecule has 98 valence electrons. The number of carbonyl (C=O) groups is 1. The number of aromatic hydroxyl groups is 1. The first-order valence-electron chi connectivity index (χ1n) is 6.30. The number of halogens is 1. The molecule has 1 saturated carbocycles. The minimum atomic E-state index is -0.0552. The zero-order valence-electron chi connectivity index (χ0n) is 10.5. The highest BCUT2D eigenvalue weighted by molar-refractivity contribution is 9.09. The van der Waals surface area contributed by atoms with Crippen LogP contribution in [0.25, 0.3) is 0 Å².